The maximum atomic E-state index is 12.4. The lowest BCUT2D eigenvalue weighted by atomic mass is 9.89. The molecule has 0 saturated heterocycles. The molecule has 1 N–H and O–H groups in total. The highest BCUT2D eigenvalue weighted by molar-refractivity contribution is 5.97. The molecule has 1 aromatic carbocycles. The summed E-state index contributed by atoms with van der Waals surface area (Å²) in [6.45, 7) is 0. The number of nitrogens with one attached hydrogen (secondary N) is 1. The highest BCUT2D eigenvalue weighted by atomic mass is 16.2. The molecule has 0 unspecified atom stereocenters. The Morgan fingerprint density at radius 1 is 1.20 bits per heavy atom. The number of carbonyl (C=O) groups excluding carboxylic acids is 1. The second kappa shape index (κ2) is 5.98. The Morgan fingerprint density at radius 2 is 1.96 bits per heavy atom. The zero-order chi connectivity index (χ0) is 17.6. The molecule has 1 aliphatic rings. The van der Waals surface area contributed by atoms with E-state index in [0.717, 1.165) is 24.2 Å². The molecule has 4 rings (SSSR count). The number of benzene rings is 1. The lowest BCUT2D eigenvalue weighted by molar-refractivity contribution is 0.0827. The van der Waals surface area contributed by atoms with Gasteiger partial charge in [-0.25, -0.2) is 0 Å². The molecular formula is C18H21N5O2. The molecular weight excluding hydrogens is 318 g/mol. The molecule has 1 saturated carbocycles. The van der Waals surface area contributed by atoms with Crippen LogP contribution in [0.25, 0.3) is 16.7 Å². The van der Waals surface area contributed by atoms with E-state index in [9.17, 15) is 9.59 Å². The standard InChI is InChI=1S/C18H21N5O2/c1-22(2)18(25)12-8-9-13-14(10-12)23-15(11-6-4-3-5-7-11)20-21-16(23)17(24)19-13/h8-11H,3-7H2,1-2H3,(H,19,24). The van der Waals surface area contributed by atoms with Crippen molar-refractivity contribution < 1.29 is 4.79 Å². The summed E-state index contributed by atoms with van der Waals surface area (Å²) in [7, 11) is 3.45. The van der Waals surface area contributed by atoms with Crippen LogP contribution in [0, 0.1) is 0 Å². The van der Waals surface area contributed by atoms with Crippen molar-refractivity contribution in [3.63, 3.8) is 0 Å². The van der Waals surface area contributed by atoms with Crippen molar-refractivity contribution in [2.45, 2.75) is 38.0 Å². The Hall–Kier alpha value is -2.70. The summed E-state index contributed by atoms with van der Waals surface area (Å²) < 4.78 is 1.84. The van der Waals surface area contributed by atoms with Crippen molar-refractivity contribution in [3.8, 4) is 0 Å². The topological polar surface area (TPSA) is 83.4 Å². The van der Waals surface area contributed by atoms with Gasteiger partial charge in [-0.1, -0.05) is 19.3 Å². The number of hydrogen-bond donors (Lipinski definition) is 1. The highest BCUT2D eigenvalue weighted by Crippen LogP contribution is 2.32. The molecule has 2 aromatic heterocycles. The molecule has 7 heteroatoms. The van der Waals surface area contributed by atoms with Crippen molar-refractivity contribution >= 4 is 22.6 Å². The van der Waals surface area contributed by atoms with Crippen LogP contribution in [0.5, 0.6) is 0 Å². The lowest BCUT2D eigenvalue weighted by Gasteiger charge is -2.20. The average molecular weight is 339 g/mol. The molecule has 1 aliphatic carbocycles. The third kappa shape index (κ3) is 2.59. The predicted octanol–water partition coefficient (Wildman–Crippen LogP) is 2.32. The number of carbonyl (C=O) groups is 1. The van der Waals surface area contributed by atoms with E-state index in [1.54, 1.807) is 26.2 Å². The number of H-pyrrole nitrogens is 1. The SMILES string of the molecule is CN(C)C(=O)c1ccc2[nH]c(=O)c3nnc(C4CCCCC4)n3c2c1. The van der Waals surface area contributed by atoms with Crippen LogP contribution >= 0.6 is 0 Å². The molecule has 130 valence electrons. The molecule has 1 fully saturated rings. The Kier molecular flexibility index (Phi) is 3.78. The Labute approximate surface area is 144 Å². The van der Waals surface area contributed by atoms with Crippen LogP contribution in [0.1, 0.15) is 54.2 Å². The van der Waals surface area contributed by atoms with Gasteiger partial charge in [0.05, 0.1) is 11.0 Å². The molecule has 7 nitrogen and oxygen atoms in total. The first kappa shape index (κ1) is 15.8. The van der Waals surface area contributed by atoms with Gasteiger partial charge in [-0.2, -0.15) is 0 Å². The third-order valence-corrected chi connectivity index (χ3v) is 5.00. The minimum atomic E-state index is -0.256. The molecule has 25 heavy (non-hydrogen) atoms. The molecule has 0 bridgehead atoms. The Balaban J connectivity index is 1.98. The van der Waals surface area contributed by atoms with Crippen molar-refractivity contribution in [1.82, 2.24) is 24.5 Å². The average Bonchev–Trinajstić information content (AvgIpc) is 3.07. The molecule has 0 atom stereocenters. The van der Waals surface area contributed by atoms with Crippen LogP contribution in [0.4, 0.5) is 0 Å². The van der Waals surface area contributed by atoms with Gasteiger partial charge >= 0.3 is 0 Å². The van der Waals surface area contributed by atoms with Crippen LogP contribution in [0.3, 0.4) is 0 Å². The third-order valence-electron chi connectivity index (χ3n) is 5.00. The van der Waals surface area contributed by atoms with Gasteiger partial charge in [-0.05, 0) is 31.0 Å². The quantitative estimate of drug-likeness (QED) is 0.777. The van der Waals surface area contributed by atoms with Gasteiger partial charge in [0.2, 0.25) is 5.65 Å². The fourth-order valence-electron chi connectivity index (χ4n) is 3.70. The Bertz CT molecular complexity index is 1010. The number of fused-ring (bicyclic) bond motifs is 3. The van der Waals surface area contributed by atoms with Crippen LogP contribution < -0.4 is 5.56 Å². The first-order valence-corrected chi connectivity index (χ1v) is 8.69. The van der Waals surface area contributed by atoms with E-state index < -0.39 is 0 Å². The smallest absolute Gasteiger partial charge is 0.294 e. The van der Waals surface area contributed by atoms with Gasteiger partial charge in [0.15, 0.2) is 0 Å². The summed E-state index contributed by atoms with van der Waals surface area (Å²) in [5.41, 5.74) is 2.07. The van der Waals surface area contributed by atoms with Gasteiger partial charge in [0.1, 0.15) is 5.82 Å². The maximum Gasteiger partial charge on any atom is 0.294 e. The van der Waals surface area contributed by atoms with Crippen LogP contribution in [-0.4, -0.2) is 44.5 Å². The normalized spacial score (nSPS) is 15.8. The fourth-order valence-corrected chi connectivity index (χ4v) is 3.70. The van der Waals surface area contributed by atoms with E-state index in [2.05, 4.69) is 15.2 Å². The highest BCUT2D eigenvalue weighted by Gasteiger charge is 2.23. The summed E-state index contributed by atoms with van der Waals surface area (Å²) >= 11 is 0. The fraction of sp³-hybridized carbons (Fsp3) is 0.444. The second-order valence-corrected chi connectivity index (χ2v) is 6.94. The van der Waals surface area contributed by atoms with Gasteiger partial charge in [-0.15, -0.1) is 10.2 Å². The molecule has 2 heterocycles. The zero-order valence-corrected chi connectivity index (χ0v) is 14.5. The summed E-state index contributed by atoms with van der Waals surface area (Å²) in [5, 5.41) is 8.46. The van der Waals surface area contributed by atoms with E-state index >= 15 is 0 Å². The largest absolute Gasteiger partial charge is 0.345 e. The van der Waals surface area contributed by atoms with Gasteiger partial charge < -0.3 is 9.88 Å². The molecule has 0 aliphatic heterocycles. The predicted molar refractivity (Wildman–Crippen MR) is 95.0 cm³/mol. The number of aromatic nitrogens is 4. The zero-order valence-electron chi connectivity index (χ0n) is 14.5. The van der Waals surface area contributed by atoms with Crippen molar-refractivity contribution in [2.75, 3.05) is 14.1 Å². The first-order chi connectivity index (χ1) is 12.1. The number of aromatic amines is 1. The van der Waals surface area contributed by atoms with Crippen LogP contribution in [-0.2, 0) is 0 Å². The lowest BCUT2D eigenvalue weighted by Crippen LogP contribution is -2.22. The van der Waals surface area contributed by atoms with Crippen molar-refractivity contribution in [1.29, 1.82) is 0 Å². The summed E-state index contributed by atoms with van der Waals surface area (Å²) in [5.74, 6) is 1.07. The Morgan fingerprint density at radius 3 is 2.68 bits per heavy atom. The van der Waals surface area contributed by atoms with Crippen molar-refractivity contribution in [2.24, 2.45) is 0 Å². The summed E-state index contributed by atoms with van der Waals surface area (Å²) in [6.07, 6.45) is 5.71. The summed E-state index contributed by atoms with van der Waals surface area (Å²) in [6, 6.07) is 5.32. The van der Waals surface area contributed by atoms with Crippen LogP contribution in [0.15, 0.2) is 23.0 Å². The van der Waals surface area contributed by atoms with Crippen molar-refractivity contribution in [3.05, 3.63) is 39.9 Å². The number of rotatable bonds is 2. The van der Waals surface area contributed by atoms with E-state index in [-0.39, 0.29) is 11.5 Å². The minimum Gasteiger partial charge on any atom is -0.345 e. The van der Waals surface area contributed by atoms with E-state index in [1.165, 1.54) is 24.2 Å². The van der Waals surface area contributed by atoms with Crippen LogP contribution in [0.2, 0.25) is 0 Å². The number of nitrogens with zero attached hydrogens (tertiary/aromatic N) is 4. The first-order valence-electron chi connectivity index (χ1n) is 8.69. The van der Waals surface area contributed by atoms with E-state index in [1.807, 2.05) is 10.5 Å². The number of amides is 1. The summed E-state index contributed by atoms with van der Waals surface area (Å²) in [4.78, 5) is 29.1. The molecule has 3 aromatic rings. The maximum absolute atomic E-state index is 12.4. The van der Waals surface area contributed by atoms with Gasteiger partial charge in [0.25, 0.3) is 11.5 Å². The second-order valence-electron chi connectivity index (χ2n) is 6.94. The van der Waals surface area contributed by atoms with Gasteiger partial charge in [0, 0.05) is 25.6 Å². The molecule has 0 radical (unpaired) electrons. The number of hydrogen-bond acceptors (Lipinski definition) is 4. The van der Waals surface area contributed by atoms with E-state index in [0.29, 0.717) is 22.6 Å². The monoisotopic (exact) mass is 339 g/mol. The van der Waals surface area contributed by atoms with E-state index in [4.69, 9.17) is 0 Å². The molecule has 0 spiro atoms. The molecule has 1 amide bonds. The minimum absolute atomic E-state index is 0.0754. The van der Waals surface area contributed by atoms with Gasteiger partial charge in [-0.3, -0.25) is 14.0 Å².